The maximum Gasteiger partial charge on any atom is 0.236 e. The Bertz CT molecular complexity index is 376. The highest BCUT2D eigenvalue weighted by atomic mass is 19.1. The smallest absolute Gasteiger partial charge is 0.236 e. The number of halogens is 1. The number of carbonyl (C=O) groups is 1. The van der Waals surface area contributed by atoms with Crippen molar-refractivity contribution in [2.45, 2.75) is 32.7 Å². The number of nitrogens with one attached hydrogen (secondary N) is 1. The predicted octanol–water partition coefficient (Wildman–Crippen LogP) is 1.86. The van der Waals surface area contributed by atoms with Crippen LogP contribution < -0.4 is 11.1 Å². The molecule has 1 aromatic rings. The van der Waals surface area contributed by atoms with Crippen molar-refractivity contribution in [2.75, 3.05) is 6.54 Å². The first-order chi connectivity index (χ1) is 8.49. The number of rotatable bonds is 6. The Balaban J connectivity index is 2.29. The van der Waals surface area contributed by atoms with Gasteiger partial charge in [0.1, 0.15) is 5.82 Å². The molecule has 3 N–H and O–H groups in total. The van der Waals surface area contributed by atoms with E-state index in [4.69, 9.17) is 5.73 Å². The maximum absolute atomic E-state index is 12.7. The topological polar surface area (TPSA) is 55.1 Å². The summed E-state index contributed by atoms with van der Waals surface area (Å²) < 4.78 is 12.7. The number of amides is 1. The van der Waals surface area contributed by atoms with E-state index in [0.717, 1.165) is 5.56 Å². The van der Waals surface area contributed by atoms with E-state index >= 15 is 0 Å². The van der Waals surface area contributed by atoms with Gasteiger partial charge in [-0.1, -0.05) is 26.0 Å². The number of nitrogens with two attached hydrogens (primary N) is 1. The van der Waals surface area contributed by atoms with Crippen molar-refractivity contribution < 1.29 is 9.18 Å². The minimum absolute atomic E-state index is 0.120. The molecule has 0 heterocycles. The quantitative estimate of drug-likeness (QED) is 0.812. The predicted molar refractivity (Wildman–Crippen MR) is 70.5 cm³/mol. The summed E-state index contributed by atoms with van der Waals surface area (Å²) >= 11 is 0. The Kier molecular flexibility index (Phi) is 5.78. The Labute approximate surface area is 108 Å². The summed E-state index contributed by atoms with van der Waals surface area (Å²) in [5.41, 5.74) is 6.75. The summed E-state index contributed by atoms with van der Waals surface area (Å²) in [6.45, 7) is 4.59. The summed E-state index contributed by atoms with van der Waals surface area (Å²) in [6, 6.07) is 5.83. The second-order valence-corrected chi connectivity index (χ2v) is 4.90. The van der Waals surface area contributed by atoms with Crippen molar-refractivity contribution in [1.82, 2.24) is 5.32 Å². The van der Waals surface area contributed by atoms with Gasteiger partial charge < -0.3 is 11.1 Å². The molecule has 0 aliphatic heterocycles. The molecule has 0 spiro atoms. The number of hydrogen-bond acceptors (Lipinski definition) is 2. The van der Waals surface area contributed by atoms with Gasteiger partial charge in [-0.25, -0.2) is 4.39 Å². The Morgan fingerprint density at radius 1 is 1.33 bits per heavy atom. The zero-order valence-corrected chi connectivity index (χ0v) is 10.9. The number of benzene rings is 1. The lowest BCUT2D eigenvalue weighted by atomic mass is 10.0. The molecule has 1 unspecified atom stereocenters. The molecular formula is C14H21FN2O. The third-order valence-corrected chi connectivity index (χ3v) is 2.69. The molecule has 0 saturated heterocycles. The van der Waals surface area contributed by atoms with Crippen LogP contribution in [0.1, 0.15) is 25.8 Å². The van der Waals surface area contributed by atoms with Gasteiger partial charge in [0.05, 0.1) is 6.04 Å². The zero-order valence-electron chi connectivity index (χ0n) is 10.9. The van der Waals surface area contributed by atoms with Gasteiger partial charge in [-0.15, -0.1) is 0 Å². The molecule has 0 radical (unpaired) electrons. The van der Waals surface area contributed by atoms with Crippen LogP contribution in [0.3, 0.4) is 0 Å². The lowest BCUT2D eigenvalue weighted by Crippen LogP contribution is -2.42. The summed E-state index contributed by atoms with van der Waals surface area (Å²) in [7, 11) is 0. The van der Waals surface area contributed by atoms with Gasteiger partial charge in [-0.3, -0.25) is 4.79 Å². The van der Waals surface area contributed by atoms with Crippen LogP contribution in [0.15, 0.2) is 24.3 Å². The molecule has 0 aromatic heterocycles. The fourth-order valence-electron chi connectivity index (χ4n) is 1.73. The fraction of sp³-hybridized carbons (Fsp3) is 0.500. The van der Waals surface area contributed by atoms with Crippen LogP contribution >= 0.6 is 0 Å². The Hall–Kier alpha value is -1.42. The first-order valence-corrected chi connectivity index (χ1v) is 6.26. The largest absolute Gasteiger partial charge is 0.354 e. The molecular weight excluding hydrogens is 231 g/mol. The first kappa shape index (κ1) is 14.6. The molecule has 0 aliphatic rings. The summed E-state index contributed by atoms with van der Waals surface area (Å²) in [5, 5.41) is 2.79. The van der Waals surface area contributed by atoms with Gasteiger partial charge in [-0.2, -0.15) is 0 Å². The van der Waals surface area contributed by atoms with E-state index in [1.54, 1.807) is 12.1 Å². The average molecular weight is 252 g/mol. The monoisotopic (exact) mass is 252 g/mol. The Morgan fingerprint density at radius 2 is 1.94 bits per heavy atom. The maximum atomic E-state index is 12.7. The fourth-order valence-corrected chi connectivity index (χ4v) is 1.73. The van der Waals surface area contributed by atoms with Crippen LogP contribution in [0.2, 0.25) is 0 Å². The van der Waals surface area contributed by atoms with Gasteiger partial charge in [0, 0.05) is 6.54 Å². The molecule has 1 amide bonds. The van der Waals surface area contributed by atoms with Crippen LogP contribution in [0.4, 0.5) is 4.39 Å². The van der Waals surface area contributed by atoms with E-state index in [1.165, 1.54) is 12.1 Å². The highest BCUT2D eigenvalue weighted by molar-refractivity contribution is 5.81. The van der Waals surface area contributed by atoms with Gasteiger partial charge in [0.15, 0.2) is 0 Å². The van der Waals surface area contributed by atoms with Gasteiger partial charge in [0.25, 0.3) is 0 Å². The van der Waals surface area contributed by atoms with Crippen LogP contribution in [0, 0.1) is 11.7 Å². The van der Waals surface area contributed by atoms with Crippen molar-refractivity contribution in [2.24, 2.45) is 11.7 Å². The minimum atomic E-state index is -0.446. The second kappa shape index (κ2) is 7.11. The minimum Gasteiger partial charge on any atom is -0.354 e. The molecule has 1 rings (SSSR count). The van der Waals surface area contributed by atoms with Gasteiger partial charge in [-0.05, 0) is 36.5 Å². The highest BCUT2D eigenvalue weighted by Crippen LogP contribution is 2.04. The van der Waals surface area contributed by atoms with Crippen LogP contribution in [-0.4, -0.2) is 18.5 Å². The molecule has 0 fully saturated rings. The lowest BCUT2D eigenvalue weighted by molar-refractivity contribution is -0.122. The van der Waals surface area contributed by atoms with Crippen molar-refractivity contribution in [3.63, 3.8) is 0 Å². The highest BCUT2D eigenvalue weighted by Gasteiger charge is 2.13. The van der Waals surface area contributed by atoms with E-state index in [-0.39, 0.29) is 11.7 Å². The first-order valence-electron chi connectivity index (χ1n) is 6.26. The van der Waals surface area contributed by atoms with Crippen molar-refractivity contribution in [1.29, 1.82) is 0 Å². The molecule has 0 saturated carbocycles. The van der Waals surface area contributed by atoms with Crippen LogP contribution in [0.25, 0.3) is 0 Å². The molecule has 100 valence electrons. The SMILES string of the molecule is CC(C)CC(N)C(=O)NCCc1ccc(F)cc1. The standard InChI is InChI=1S/C14H21FN2O/c1-10(2)9-13(16)14(18)17-8-7-11-3-5-12(15)6-4-11/h3-6,10,13H,7-9,16H2,1-2H3,(H,17,18). The molecule has 3 nitrogen and oxygen atoms in total. The van der Waals surface area contributed by atoms with Gasteiger partial charge in [0.2, 0.25) is 5.91 Å². The van der Waals surface area contributed by atoms with E-state index < -0.39 is 6.04 Å². The van der Waals surface area contributed by atoms with Crippen molar-refractivity contribution in [3.05, 3.63) is 35.6 Å². The van der Waals surface area contributed by atoms with Gasteiger partial charge >= 0.3 is 0 Å². The normalized spacial score (nSPS) is 12.5. The summed E-state index contributed by atoms with van der Waals surface area (Å²) in [4.78, 5) is 11.6. The van der Waals surface area contributed by atoms with Crippen molar-refractivity contribution >= 4 is 5.91 Å². The summed E-state index contributed by atoms with van der Waals surface area (Å²) in [5.74, 6) is 0.0374. The average Bonchev–Trinajstić information content (AvgIpc) is 2.30. The summed E-state index contributed by atoms with van der Waals surface area (Å²) in [6.07, 6.45) is 1.36. The van der Waals surface area contributed by atoms with Crippen molar-refractivity contribution in [3.8, 4) is 0 Å². The third-order valence-electron chi connectivity index (χ3n) is 2.69. The Morgan fingerprint density at radius 3 is 2.50 bits per heavy atom. The molecule has 4 heteroatoms. The molecule has 18 heavy (non-hydrogen) atoms. The second-order valence-electron chi connectivity index (χ2n) is 4.90. The van der Waals surface area contributed by atoms with Crippen LogP contribution in [-0.2, 0) is 11.2 Å². The van der Waals surface area contributed by atoms with E-state index in [0.29, 0.717) is 25.3 Å². The van der Waals surface area contributed by atoms with E-state index in [1.807, 2.05) is 13.8 Å². The zero-order chi connectivity index (χ0) is 13.5. The van der Waals surface area contributed by atoms with Crippen LogP contribution in [0.5, 0.6) is 0 Å². The van der Waals surface area contributed by atoms with E-state index in [9.17, 15) is 9.18 Å². The molecule has 0 aliphatic carbocycles. The van der Waals surface area contributed by atoms with E-state index in [2.05, 4.69) is 5.32 Å². The lowest BCUT2D eigenvalue weighted by Gasteiger charge is -2.14. The molecule has 1 aromatic carbocycles. The number of carbonyl (C=O) groups excluding carboxylic acids is 1. The molecule has 0 bridgehead atoms. The molecule has 1 atom stereocenters. The third kappa shape index (κ3) is 5.27. The number of hydrogen-bond donors (Lipinski definition) is 2.